The van der Waals surface area contributed by atoms with Gasteiger partial charge in [0.25, 0.3) is 5.56 Å². The first-order valence-electron chi connectivity index (χ1n) is 5.94. The predicted octanol–water partition coefficient (Wildman–Crippen LogP) is 1.98. The molecule has 0 aliphatic carbocycles. The van der Waals surface area contributed by atoms with Crippen molar-refractivity contribution in [1.29, 1.82) is 0 Å². The molecule has 0 radical (unpaired) electrons. The fourth-order valence-electron chi connectivity index (χ4n) is 1.66. The summed E-state index contributed by atoms with van der Waals surface area (Å²) in [5.41, 5.74) is -1.38. The van der Waals surface area contributed by atoms with Crippen LogP contribution in [0.3, 0.4) is 0 Å². The average molecular weight is 277 g/mol. The van der Waals surface area contributed by atoms with Crippen LogP contribution in [0.15, 0.2) is 10.9 Å². The van der Waals surface area contributed by atoms with Crippen molar-refractivity contribution in [2.75, 3.05) is 14.1 Å². The normalized spacial score (nSPS) is 12.5. The molecule has 108 valence electrons. The van der Waals surface area contributed by atoms with Crippen LogP contribution in [0.25, 0.3) is 0 Å². The molecule has 1 rings (SSSR count). The summed E-state index contributed by atoms with van der Waals surface area (Å²) in [6, 6.07) is 0.832. The topological polar surface area (TPSA) is 38.1 Å². The van der Waals surface area contributed by atoms with Gasteiger partial charge in [0.15, 0.2) is 5.69 Å². The monoisotopic (exact) mass is 277 g/mol. The molecule has 0 unspecified atom stereocenters. The lowest BCUT2D eigenvalue weighted by atomic mass is 10.2. The minimum atomic E-state index is -4.55. The Balaban J connectivity index is 3.34. The third-order valence-corrected chi connectivity index (χ3v) is 2.36. The Morgan fingerprint density at radius 3 is 2.37 bits per heavy atom. The SMILES string of the molecule is CC(C)Cn1nc(C(F)(F)F)cc(CN(C)C)c1=O. The van der Waals surface area contributed by atoms with Gasteiger partial charge in [0.1, 0.15) is 0 Å². The van der Waals surface area contributed by atoms with E-state index >= 15 is 0 Å². The van der Waals surface area contributed by atoms with Crippen LogP contribution in [-0.4, -0.2) is 28.8 Å². The van der Waals surface area contributed by atoms with Gasteiger partial charge in [-0.1, -0.05) is 13.8 Å². The molecule has 1 aromatic heterocycles. The second-order valence-corrected chi connectivity index (χ2v) is 5.17. The summed E-state index contributed by atoms with van der Waals surface area (Å²) < 4.78 is 39.2. The third-order valence-electron chi connectivity index (χ3n) is 2.36. The van der Waals surface area contributed by atoms with Crippen LogP contribution in [0.5, 0.6) is 0 Å². The third kappa shape index (κ3) is 4.34. The predicted molar refractivity (Wildman–Crippen MR) is 65.7 cm³/mol. The number of rotatable bonds is 4. The molecule has 4 nitrogen and oxygen atoms in total. The van der Waals surface area contributed by atoms with Gasteiger partial charge in [0.05, 0.1) is 0 Å². The van der Waals surface area contributed by atoms with E-state index in [-0.39, 0.29) is 24.6 Å². The summed E-state index contributed by atoms with van der Waals surface area (Å²) in [7, 11) is 3.39. The van der Waals surface area contributed by atoms with Crippen LogP contribution >= 0.6 is 0 Å². The number of alkyl halides is 3. The molecular formula is C12H18F3N3O. The van der Waals surface area contributed by atoms with Gasteiger partial charge in [-0.25, -0.2) is 4.68 Å². The van der Waals surface area contributed by atoms with Crippen molar-refractivity contribution >= 4 is 0 Å². The summed E-state index contributed by atoms with van der Waals surface area (Å²) in [4.78, 5) is 13.7. The summed E-state index contributed by atoms with van der Waals surface area (Å²) in [5, 5.41) is 3.41. The molecule has 0 atom stereocenters. The maximum absolute atomic E-state index is 12.8. The van der Waals surface area contributed by atoms with Crippen molar-refractivity contribution < 1.29 is 13.2 Å². The minimum Gasteiger partial charge on any atom is -0.305 e. The lowest BCUT2D eigenvalue weighted by molar-refractivity contribution is -0.142. The molecule has 0 aromatic carbocycles. The molecule has 0 N–H and O–H groups in total. The highest BCUT2D eigenvalue weighted by Crippen LogP contribution is 2.27. The number of halogens is 3. The highest BCUT2D eigenvalue weighted by atomic mass is 19.4. The first-order valence-corrected chi connectivity index (χ1v) is 5.94. The fourth-order valence-corrected chi connectivity index (χ4v) is 1.66. The molecule has 0 fully saturated rings. The van der Waals surface area contributed by atoms with Crippen molar-refractivity contribution in [3.63, 3.8) is 0 Å². The first-order chi connectivity index (χ1) is 8.61. The van der Waals surface area contributed by atoms with E-state index in [1.54, 1.807) is 19.0 Å². The van der Waals surface area contributed by atoms with Crippen LogP contribution in [0.1, 0.15) is 25.1 Å². The molecule has 0 saturated carbocycles. The second kappa shape index (κ2) is 5.73. The van der Waals surface area contributed by atoms with Gasteiger partial charge in [-0.15, -0.1) is 0 Å². The van der Waals surface area contributed by atoms with E-state index in [4.69, 9.17) is 0 Å². The van der Waals surface area contributed by atoms with Crippen LogP contribution < -0.4 is 5.56 Å². The van der Waals surface area contributed by atoms with E-state index in [1.165, 1.54) is 0 Å². The quantitative estimate of drug-likeness (QED) is 0.844. The molecular weight excluding hydrogens is 259 g/mol. The molecule has 0 spiro atoms. The lowest BCUT2D eigenvalue weighted by Crippen LogP contribution is -2.32. The summed E-state index contributed by atoms with van der Waals surface area (Å²) >= 11 is 0. The highest BCUT2D eigenvalue weighted by molar-refractivity contribution is 5.15. The Hall–Kier alpha value is -1.37. The minimum absolute atomic E-state index is 0.0425. The van der Waals surface area contributed by atoms with E-state index in [1.807, 2.05) is 13.8 Å². The van der Waals surface area contributed by atoms with Gasteiger partial charge in [0.2, 0.25) is 0 Å². The zero-order chi connectivity index (χ0) is 14.8. The molecule has 7 heteroatoms. The van der Waals surface area contributed by atoms with Crippen LogP contribution in [-0.2, 0) is 19.3 Å². The highest BCUT2D eigenvalue weighted by Gasteiger charge is 2.34. The molecule has 1 heterocycles. The van der Waals surface area contributed by atoms with Crippen LogP contribution in [0.2, 0.25) is 0 Å². The summed E-state index contributed by atoms with van der Waals surface area (Å²) in [5.74, 6) is 0.0425. The zero-order valence-electron chi connectivity index (χ0n) is 11.5. The van der Waals surface area contributed by atoms with Crippen molar-refractivity contribution in [2.24, 2.45) is 5.92 Å². The number of hydrogen-bond acceptors (Lipinski definition) is 3. The van der Waals surface area contributed by atoms with Crippen molar-refractivity contribution in [3.05, 3.63) is 27.7 Å². The largest absolute Gasteiger partial charge is 0.435 e. The Labute approximate surface area is 109 Å². The summed E-state index contributed by atoms with van der Waals surface area (Å²) in [6.45, 7) is 3.96. The molecule has 0 amide bonds. The standard InChI is InChI=1S/C12H18F3N3O/c1-8(2)6-18-11(19)9(7-17(3)4)5-10(16-18)12(13,14)15/h5,8H,6-7H2,1-4H3. The zero-order valence-corrected chi connectivity index (χ0v) is 11.5. The van der Waals surface area contributed by atoms with E-state index in [0.717, 1.165) is 10.7 Å². The number of hydrogen-bond donors (Lipinski definition) is 0. The van der Waals surface area contributed by atoms with Gasteiger partial charge in [-0.3, -0.25) is 4.79 Å². The molecule has 0 bridgehead atoms. The lowest BCUT2D eigenvalue weighted by Gasteiger charge is -2.15. The molecule has 0 aliphatic heterocycles. The van der Waals surface area contributed by atoms with Gasteiger partial charge in [-0.05, 0) is 26.1 Å². The maximum Gasteiger partial charge on any atom is 0.435 e. The number of nitrogens with zero attached hydrogens (tertiary/aromatic N) is 3. The Kier molecular flexibility index (Phi) is 4.73. The Morgan fingerprint density at radius 2 is 1.95 bits per heavy atom. The van der Waals surface area contributed by atoms with Gasteiger partial charge >= 0.3 is 6.18 Å². The summed E-state index contributed by atoms with van der Waals surface area (Å²) in [6.07, 6.45) is -4.55. The molecule has 0 aliphatic rings. The van der Waals surface area contributed by atoms with E-state index in [9.17, 15) is 18.0 Å². The molecule has 1 aromatic rings. The average Bonchev–Trinajstić information content (AvgIpc) is 2.20. The molecule has 19 heavy (non-hydrogen) atoms. The van der Waals surface area contributed by atoms with E-state index in [2.05, 4.69) is 5.10 Å². The van der Waals surface area contributed by atoms with Crippen molar-refractivity contribution in [1.82, 2.24) is 14.7 Å². The number of aromatic nitrogens is 2. The van der Waals surface area contributed by atoms with Gasteiger partial charge in [0, 0.05) is 18.7 Å². The van der Waals surface area contributed by atoms with E-state index < -0.39 is 17.4 Å². The van der Waals surface area contributed by atoms with Crippen molar-refractivity contribution in [2.45, 2.75) is 33.1 Å². The van der Waals surface area contributed by atoms with Crippen LogP contribution in [0.4, 0.5) is 13.2 Å². The Bertz CT molecular complexity index is 458. The van der Waals surface area contributed by atoms with E-state index in [0.29, 0.717) is 0 Å². The fraction of sp³-hybridized carbons (Fsp3) is 0.667. The first kappa shape index (κ1) is 15.7. The smallest absolute Gasteiger partial charge is 0.305 e. The molecule has 0 saturated heterocycles. The maximum atomic E-state index is 12.8. The van der Waals surface area contributed by atoms with Crippen LogP contribution in [0, 0.1) is 5.92 Å². The second-order valence-electron chi connectivity index (χ2n) is 5.17. The van der Waals surface area contributed by atoms with Gasteiger partial charge < -0.3 is 4.90 Å². The Morgan fingerprint density at radius 1 is 1.37 bits per heavy atom. The van der Waals surface area contributed by atoms with Gasteiger partial charge in [-0.2, -0.15) is 18.3 Å². The van der Waals surface area contributed by atoms with Crippen molar-refractivity contribution in [3.8, 4) is 0 Å².